The van der Waals surface area contributed by atoms with Crippen LogP contribution in [0.15, 0.2) is 0 Å². The van der Waals surface area contributed by atoms with Crippen molar-refractivity contribution in [2.24, 2.45) is 11.3 Å². The predicted octanol–water partition coefficient (Wildman–Crippen LogP) is 1.68. The highest BCUT2D eigenvalue weighted by molar-refractivity contribution is 5.82. The number of hydrogen-bond donors (Lipinski definition) is 2. The van der Waals surface area contributed by atoms with E-state index in [0.29, 0.717) is 11.3 Å². The summed E-state index contributed by atoms with van der Waals surface area (Å²) in [5, 5.41) is 6.42. The molecule has 1 saturated heterocycles. The van der Waals surface area contributed by atoms with Crippen LogP contribution in [0.1, 0.15) is 46.0 Å². The van der Waals surface area contributed by atoms with E-state index in [1.165, 1.54) is 25.7 Å². The summed E-state index contributed by atoms with van der Waals surface area (Å²) >= 11 is 0. The minimum atomic E-state index is 0.0532. The fraction of sp³-hybridized carbons (Fsp3) is 0.923. The van der Waals surface area contributed by atoms with Gasteiger partial charge >= 0.3 is 0 Å². The zero-order chi connectivity index (χ0) is 11.6. The molecule has 1 aliphatic carbocycles. The largest absolute Gasteiger partial charge is 0.354 e. The second-order valence-corrected chi connectivity index (χ2v) is 5.67. The van der Waals surface area contributed by atoms with Gasteiger partial charge < -0.3 is 10.6 Å². The minimum absolute atomic E-state index is 0.0532. The summed E-state index contributed by atoms with van der Waals surface area (Å²) in [6.07, 6.45) is 6.22. The van der Waals surface area contributed by atoms with Gasteiger partial charge in [0.05, 0.1) is 6.04 Å². The zero-order valence-corrected chi connectivity index (χ0v) is 10.5. The molecule has 2 N–H and O–H groups in total. The lowest BCUT2D eigenvalue weighted by Gasteiger charge is -2.19. The van der Waals surface area contributed by atoms with E-state index in [4.69, 9.17) is 0 Å². The number of amides is 1. The van der Waals surface area contributed by atoms with Crippen molar-refractivity contribution >= 4 is 5.91 Å². The van der Waals surface area contributed by atoms with Gasteiger partial charge in [0.15, 0.2) is 0 Å². The van der Waals surface area contributed by atoms with Crippen molar-refractivity contribution in [2.75, 3.05) is 13.1 Å². The van der Waals surface area contributed by atoms with Gasteiger partial charge in [0.25, 0.3) is 0 Å². The maximum absolute atomic E-state index is 12.0. The lowest BCUT2D eigenvalue weighted by molar-refractivity contribution is -0.123. The lowest BCUT2D eigenvalue weighted by Crippen LogP contribution is -2.45. The Morgan fingerprint density at radius 2 is 2.25 bits per heavy atom. The number of carbonyl (C=O) groups is 1. The average Bonchev–Trinajstić information content (AvgIpc) is 2.89. The Balaban J connectivity index is 1.75. The van der Waals surface area contributed by atoms with Crippen LogP contribution >= 0.6 is 0 Å². The molecule has 0 aromatic rings. The first-order chi connectivity index (χ1) is 7.67. The minimum Gasteiger partial charge on any atom is -0.354 e. The molecule has 3 heteroatoms. The van der Waals surface area contributed by atoms with Crippen LogP contribution in [0.3, 0.4) is 0 Å². The molecule has 2 rings (SSSR count). The molecule has 1 heterocycles. The topological polar surface area (TPSA) is 41.1 Å². The van der Waals surface area contributed by atoms with E-state index < -0.39 is 0 Å². The van der Waals surface area contributed by atoms with E-state index in [9.17, 15) is 4.79 Å². The van der Waals surface area contributed by atoms with Gasteiger partial charge in [-0.3, -0.25) is 4.79 Å². The third-order valence-corrected chi connectivity index (χ3v) is 4.19. The summed E-state index contributed by atoms with van der Waals surface area (Å²) in [7, 11) is 0. The van der Waals surface area contributed by atoms with Crippen LogP contribution in [0.5, 0.6) is 0 Å². The third-order valence-electron chi connectivity index (χ3n) is 4.19. The summed E-state index contributed by atoms with van der Waals surface area (Å²) in [6.45, 7) is 6.26. The van der Waals surface area contributed by atoms with Crippen LogP contribution in [-0.4, -0.2) is 25.0 Å². The summed E-state index contributed by atoms with van der Waals surface area (Å²) in [5.41, 5.74) is 0.465. The third kappa shape index (κ3) is 2.57. The molecule has 16 heavy (non-hydrogen) atoms. The highest BCUT2D eigenvalue weighted by Gasteiger charge is 2.42. The van der Waals surface area contributed by atoms with Gasteiger partial charge in [0.2, 0.25) is 5.91 Å². The average molecular weight is 224 g/mol. The SMILES string of the molecule is CCCC1(CNC(=O)C2NCCC2C)CC1. The second kappa shape index (κ2) is 4.74. The number of carbonyl (C=O) groups excluding carboxylic acids is 1. The first-order valence-corrected chi connectivity index (χ1v) is 6.68. The maximum atomic E-state index is 12.0. The molecule has 1 aliphatic heterocycles. The molecule has 0 spiro atoms. The zero-order valence-electron chi connectivity index (χ0n) is 10.5. The van der Waals surface area contributed by atoms with E-state index in [-0.39, 0.29) is 11.9 Å². The molecule has 0 aromatic heterocycles. The highest BCUT2D eigenvalue weighted by atomic mass is 16.2. The van der Waals surface area contributed by atoms with Crippen LogP contribution in [0, 0.1) is 11.3 Å². The van der Waals surface area contributed by atoms with E-state index in [1.54, 1.807) is 0 Å². The molecule has 0 bridgehead atoms. The van der Waals surface area contributed by atoms with Gasteiger partial charge in [-0.1, -0.05) is 20.3 Å². The van der Waals surface area contributed by atoms with E-state index in [0.717, 1.165) is 19.5 Å². The first-order valence-electron chi connectivity index (χ1n) is 6.68. The smallest absolute Gasteiger partial charge is 0.237 e. The van der Waals surface area contributed by atoms with Crippen LogP contribution in [0.25, 0.3) is 0 Å². The number of nitrogens with one attached hydrogen (secondary N) is 2. The molecule has 92 valence electrons. The maximum Gasteiger partial charge on any atom is 0.237 e. The molecule has 2 aliphatic rings. The predicted molar refractivity (Wildman–Crippen MR) is 65.2 cm³/mol. The van der Waals surface area contributed by atoms with Crippen molar-refractivity contribution in [1.29, 1.82) is 0 Å². The second-order valence-electron chi connectivity index (χ2n) is 5.67. The Kier molecular flexibility index (Phi) is 3.53. The molecule has 2 atom stereocenters. The van der Waals surface area contributed by atoms with Gasteiger partial charge in [-0.2, -0.15) is 0 Å². The Bertz CT molecular complexity index is 261. The quantitative estimate of drug-likeness (QED) is 0.746. The fourth-order valence-electron chi connectivity index (χ4n) is 2.79. The van der Waals surface area contributed by atoms with Crippen molar-refractivity contribution < 1.29 is 4.79 Å². The molecular formula is C13H24N2O. The van der Waals surface area contributed by atoms with Crippen LogP contribution in [0.4, 0.5) is 0 Å². The summed E-state index contributed by atoms with van der Waals surface area (Å²) in [5.74, 6) is 0.703. The Labute approximate surface area is 98.4 Å². The van der Waals surface area contributed by atoms with Crippen LogP contribution in [0.2, 0.25) is 0 Å². The van der Waals surface area contributed by atoms with Crippen molar-refractivity contribution in [3.63, 3.8) is 0 Å². The molecule has 2 fully saturated rings. The first kappa shape index (κ1) is 11.9. The molecule has 0 radical (unpaired) electrons. The van der Waals surface area contributed by atoms with Gasteiger partial charge in [0.1, 0.15) is 0 Å². The standard InChI is InChI=1S/C13H24N2O/c1-3-5-13(6-7-13)9-15-12(16)11-10(2)4-8-14-11/h10-11,14H,3-9H2,1-2H3,(H,15,16). The number of hydrogen-bond acceptors (Lipinski definition) is 2. The Morgan fingerprint density at radius 3 is 2.75 bits per heavy atom. The van der Waals surface area contributed by atoms with Crippen molar-refractivity contribution in [3.8, 4) is 0 Å². The van der Waals surface area contributed by atoms with Crippen LogP contribution < -0.4 is 10.6 Å². The monoisotopic (exact) mass is 224 g/mol. The molecular weight excluding hydrogens is 200 g/mol. The number of rotatable bonds is 5. The lowest BCUT2D eigenvalue weighted by atomic mass is 9.99. The van der Waals surface area contributed by atoms with E-state index in [2.05, 4.69) is 24.5 Å². The highest BCUT2D eigenvalue weighted by Crippen LogP contribution is 2.48. The van der Waals surface area contributed by atoms with Gasteiger partial charge in [0, 0.05) is 6.54 Å². The molecule has 3 nitrogen and oxygen atoms in total. The van der Waals surface area contributed by atoms with E-state index >= 15 is 0 Å². The van der Waals surface area contributed by atoms with Crippen molar-refractivity contribution in [1.82, 2.24) is 10.6 Å². The van der Waals surface area contributed by atoms with Crippen molar-refractivity contribution in [3.05, 3.63) is 0 Å². The van der Waals surface area contributed by atoms with Gasteiger partial charge in [-0.25, -0.2) is 0 Å². The van der Waals surface area contributed by atoms with Crippen molar-refractivity contribution in [2.45, 2.75) is 52.0 Å². The Morgan fingerprint density at radius 1 is 1.50 bits per heavy atom. The fourth-order valence-corrected chi connectivity index (χ4v) is 2.79. The van der Waals surface area contributed by atoms with Gasteiger partial charge in [-0.15, -0.1) is 0 Å². The normalized spacial score (nSPS) is 31.4. The molecule has 0 aromatic carbocycles. The molecule has 1 saturated carbocycles. The summed E-state index contributed by atoms with van der Waals surface area (Å²) < 4.78 is 0. The van der Waals surface area contributed by atoms with Gasteiger partial charge in [-0.05, 0) is 43.6 Å². The summed E-state index contributed by atoms with van der Waals surface area (Å²) in [6, 6.07) is 0.0532. The van der Waals surface area contributed by atoms with E-state index in [1.807, 2.05) is 0 Å². The summed E-state index contributed by atoms with van der Waals surface area (Å²) in [4.78, 5) is 12.0. The van der Waals surface area contributed by atoms with Crippen LogP contribution in [-0.2, 0) is 4.79 Å². The Hall–Kier alpha value is -0.570. The molecule has 1 amide bonds. The molecule has 2 unspecified atom stereocenters.